The molecular weight excluding hydrogens is 320 g/mol. The van der Waals surface area contributed by atoms with Crippen LogP contribution in [-0.4, -0.2) is 37.0 Å². The highest BCUT2D eigenvalue weighted by molar-refractivity contribution is 5.76. The van der Waals surface area contributed by atoms with Crippen molar-refractivity contribution in [1.82, 2.24) is 10.2 Å². The van der Waals surface area contributed by atoms with Crippen molar-refractivity contribution in [3.05, 3.63) is 35.4 Å². The van der Waals surface area contributed by atoms with Gasteiger partial charge < -0.3 is 10.2 Å². The standard InChI is InChI=1S/C23H34N2O/c26-23(24-16-21-5-6-21)10-9-18-1-3-19(4-2-18)15-20-11-13-25(14-12-20)17-22-7-8-22/h1-4,20-22H,5-17H2,(H,24,26). The third kappa shape index (κ3) is 5.84. The van der Waals surface area contributed by atoms with E-state index in [9.17, 15) is 4.79 Å². The van der Waals surface area contributed by atoms with Crippen LogP contribution in [0.3, 0.4) is 0 Å². The Balaban J connectivity index is 1.15. The van der Waals surface area contributed by atoms with Crippen molar-refractivity contribution < 1.29 is 4.79 Å². The van der Waals surface area contributed by atoms with Gasteiger partial charge in [0.2, 0.25) is 5.91 Å². The van der Waals surface area contributed by atoms with Gasteiger partial charge in [-0.1, -0.05) is 24.3 Å². The van der Waals surface area contributed by atoms with Crippen LogP contribution in [0.5, 0.6) is 0 Å². The molecule has 0 atom stereocenters. The second-order valence-electron chi connectivity index (χ2n) is 8.96. The molecule has 2 aliphatic carbocycles. The summed E-state index contributed by atoms with van der Waals surface area (Å²) in [6.45, 7) is 4.84. The van der Waals surface area contributed by atoms with Crippen molar-refractivity contribution in [2.45, 2.75) is 57.8 Å². The van der Waals surface area contributed by atoms with E-state index in [1.807, 2.05) is 0 Å². The van der Waals surface area contributed by atoms with Gasteiger partial charge in [-0.25, -0.2) is 0 Å². The number of carbonyl (C=O) groups is 1. The molecule has 1 amide bonds. The number of hydrogen-bond donors (Lipinski definition) is 1. The van der Waals surface area contributed by atoms with E-state index < -0.39 is 0 Å². The van der Waals surface area contributed by atoms with E-state index >= 15 is 0 Å². The molecule has 3 nitrogen and oxygen atoms in total. The number of likely N-dealkylation sites (tertiary alicyclic amines) is 1. The lowest BCUT2D eigenvalue weighted by Gasteiger charge is -2.32. The monoisotopic (exact) mass is 354 g/mol. The molecule has 142 valence electrons. The molecule has 4 rings (SSSR count). The maximum Gasteiger partial charge on any atom is 0.220 e. The van der Waals surface area contributed by atoms with Crippen LogP contribution in [0.2, 0.25) is 0 Å². The smallest absolute Gasteiger partial charge is 0.220 e. The zero-order chi connectivity index (χ0) is 17.8. The summed E-state index contributed by atoms with van der Waals surface area (Å²) in [4.78, 5) is 14.5. The van der Waals surface area contributed by atoms with E-state index in [1.165, 1.54) is 75.7 Å². The molecule has 1 N–H and O–H groups in total. The van der Waals surface area contributed by atoms with Crippen molar-refractivity contribution >= 4 is 5.91 Å². The third-order valence-electron chi connectivity index (χ3n) is 6.39. The maximum atomic E-state index is 11.9. The van der Waals surface area contributed by atoms with E-state index in [4.69, 9.17) is 0 Å². The third-order valence-corrected chi connectivity index (χ3v) is 6.39. The molecule has 3 aliphatic rings. The lowest BCUT2D eigenvalue weighted by atomic mass is 9.89. The van der Waals surface area contributed by atoms with Crippen LogP contribution in [0.15, 0.2) is 24.3 Å². The van der Waals surface area contributed by atoms with Gasteiger partial charge in [0.05, 0.1) is 0 Å². The van der Waals surface area contributed by atoms with E-state index in [2.05, 4.69) is 34.5 Å². The summed E-state index contributed by atoms with van der Waals surface area (Å²) in [6, 6.07) is 9.03. The van der Waals surface area contributed by atoms with Gasteiger partial charge in [0.15, 0.2) is 0 Å². The number of aryl methyl sites for hydroxylation is 1. The van der Waals surface area contributed by atoms with E-state index in [1.54, 1.807) is 0 Å². The summed E-state index contributed by atoms with van der Waals surface area (Å²) in [5, 5.41) is 3.06. The van der Waals surface area contributed by atoms with Gasteiger partial charge in [0.1, 0.15) is 0 Å². The van der Waals surface area contributed by atoms with Gasteiger partial charge >= 0.3 is 0 Å². The van der Waals surface area contributed by atoms with E-state index in [0.29, 0.717) is 6.42 Å². The lowest BCUT2D eigenvalue weighted by Crippen LogP contribution is -2.35. The highest BCUT2D eigenvalue weighted by atomic mass is 16.1. The Labute approximate surface area is 158 Å². The Morgan fingerprint density at radius 2 is 1.54 bits per heavy atom. The number of hydrogen-bond acceptors (Lipinski definition) is 2. The van der Waals surface area contributed by atoms with Gasteiger partial charge in [0, 0.05) is 19.5 Å². The Hall–Kier alpha value is -1.35. The average molecular weight is 355 g/mol. The topological polar surface area (TPSA) is 32.3 Å². The average Bonchev–Trinajstić information content (AvgIpc) is 3.56. The number of carbonyl (C=O) groups excluding carboxylic acids is 1. The molecule has 0 unspecified atom stereocenters. The van der Waals surface area contributed by atoms with Crippen LogP contribution in [-0.2, 0) is 17.6 Å². The molecular formula is C23H34N2O. The summed E-state index contributed by atoms with van der Waals surface area (Å²) in [5.41, 5.74) is 2.75. The van der Waals surface area contributed by atoms with Crippen molar-refractivity contribution in [1.29, 1.82) is 0 Å². The highest BCUT2D eigenvalue weighted by Gasteiger charge is 2.27. The fourth-order valence-electron chi connectivity index (χ4n) is 4.14. The first kappa shape index (κ1) is 18.0. The Morgan fingerprint density at radius 1 is 0.885 bits per heavy atom. The number of nitrogens with one attached hydrogen (secondary N) is 1. The largest absolute Gasteiger partial charge is 0.356 e. The lowest BCUT2D eigenvalue weighted by molar-refractivity contribution is -0.121. The molecule has 3 fully saturated rings. The summed E-state index contributed by atoms with van der Waals surface area (Å²) in [6.07, 6.45) is 10.9. The highest BCUT2D eigenvalue weighted by Crippen LogP contribution is 2.31. The predicted octanol–water partition coefficient (Wildman–Crippen LogP) is 3.81. The molecule has 1 aromatic carbocycles. The maximum absolute atomic E-state index is 11.9. The minimum absolute atomic E-state index is 0.207. The minimum atomic E-state index is 0.207. The first-order valence-electron chi connectivity index (χ1n) is 10.8. The number of amides is 1. The fourth-order valence-corrected chi connectivity index (χ4v) is 4.14. The quantitative estimate of drug-likeness (QED) is 0.731. The molecule has 0 bridgehead atoms. The fraction of sp³-hybridized carbons (Fsp3) is 0.696. The van der Waals surface area contributed by atoms with Gasteiger partial charge in [-0.2, -0.15) is 0 Å². The molecule has 0 spiro atoms. The second kappa shape index (κ2) is 8.56. The molecule has 3 heteroatoms. The molecule has 1 saturated heterocycles. The van der Waals surface area contributed by atoms with Gasteiger partial charge in [-0.05, 0) is 93.3 Å². The first-order chi connectivity index (χ1) is 12.7. The Morgan fingerprint density at radius 3 is 2.19 bits per heavy atom. The van der Waals surface area contributed by atoms with Crippen LogP contribution in [0.1, 0.15) is 56.1 Å². The molecule has 1 heterocycles. The molecule has 0 radical (unpaired) electrons. The van der Waals surface area contributed by atoms with Crippen LogP contribution >= 0.6 is 0 Å². The molecule has 1 aromatic rings. The molecule has 2 saturated carbocycles. The number of benzene rings is 1. The SMILES string of the molecule is O=C(CCc1ccc(CC2CCN(CC3CC3)CC2)cc1)NCC1CC1. The van der Waals surface area contributed by atoms with Gasteiger partial charge in [-0.3, -0.25) is 4.79 Å². The summed E-state index contributed by atoms with van der Waals surface area (Å²) < 4.78 is 0. The van der Waals surface area contributed by atoms with Gasteiger partial charge in [0.25, 0.3) is 0 Å². The van der Waals surface area contributed by atoms with Crippen LogP contribution in [0.4, 0.5) is 0 Å². The second-order valence-corrected chi connectivity index (χ2v) is 8.96. The number of rotatable bonds is 9. The summed E-state index contributed by atoms with van der Waals surface area (Å²) >= 11 is 0. The van der Waals surface area contributed by atoms with Crippen molar-refractivity contribution in [2.24, 2.45) is 17.8 Å². The minimum Gasteiger partial charge on any atom is -0.356 e. The van der Waals surface area contributed by atoms with Crippen molar-refractivity contribution in [2.75, 3.05) is 26.2 Å². The summed E-state index contributed by atoms with van der Waals surface area (Å²) in [5.74, 6) is 2.84. The summed E-state index contributed by atoms with van der Waals surface area (Å²) in [7, 11) is 0. The number of piperidine rings is 1. The van der Waals surface area contributed by atoms with Crippen molar-refractivity contribution in [3.8, 4) is 0 Å². The first-order valence-corrected chi connectivity index (χ1v) is 10.8. The van der Waals surface area contributed by atoms with E-state index in [0.717, 1.165) is 30.7 Å². The zero-order valence-corrected chi connectivity index (χ0v) is 16.1. The molecule has 1 aliphatic heterocycles. The van der Waals surface area contributed by atoms with Crippen LogP contribution < -0.4 is 5.32 Å². The van der Waals surface area contributed by atoms with Crippen LogP contribution in [0, 0.1) is 17.8 Å². The Kier molecular flexibility index (Phi) is 5.94. The van der Waals surface area contributed by atoms with E-state index in [-0.39, 0.29) is 5.91 Å². The van der Waals surface area contributed by atoms with Crippen molar-refractivity contribution in [3.63, 3.8) is 0 Å². The normalized spacial score (nSPS) is 21.7. The number of nitrogens with zero attached hydrogens (tertiary/aromatic N) is 1. The Bertz CT molecular complexity index is 581. The zero-order valence-electron chi connectivity index (χ0n) is 16.1. The molecule has 26 heavy (non-hydrogen) atoms. The van der Waals surface area contributed by atoms with Crippen LogP contribution in [0.25, 0.3) is 0 Å². The van der Waals surface area contributed by atoms with Gasteiger partial charge in [-0.15, -0.1) is 0 Å². The predicted molar refractivity (Wildman–Crippen MR) is 106 cm³/mol. The molecule has 0 aromatic heterocycles.